The molecule has 1 saturated heterocycles. The summed E-state index contributed by atoms with van der Waals surface area (Å²) in [5.74, 6) is 0.287. The molecule has 1 aromatic rings. The zero-order valence-electron chi connectivity index (χ0n) is 14.8. The van der Waals surface area contributed by atoms with Crippen LogP contribution >= 0.6 is 0 Å². The number of rotatable bonds is 6. The number of carbonyl (C=O) groups excluding carboxylic acids is 2. The molecule has 0 radical (unpaired) electrons. The van der Waals surface area contributed by atoms with E-state index in [0.29, 0.717) is 17.1 Å². The minimum atomic E-state index is -0.929. The highest BCUT2D eigenvalue weighted by Gasteiger charge is 2.38. The van der Waals surface area contributed by atoms with Crippen molar-refractivity contribution < 1.29 is 28.9 Å². The Morgan fingerprint density at radius 2 is 2.04 bits per heavy atom. The molecule has 8 nitrogen and oxygen atoms in total. The van der Waals surface area contributed by atoms with Crippen molar-refractivity contribution in [2.24, 2.45) is 0 Å². The highest BCUT2D eigenvalue weighted by atomic mass is 16.5. The van der Waals surface area contributed by atoms with Gasteiger partial charge in [-0.3, -0.25) is 9.59 Å². The maximum absolute atomic E-state index is 12.6. The van der Waals surface area contributed by atoms with Gasteiger partial charge in [0.2, 0.25) is 5.91 Å². The molecule has 0 aliphatic carbocycles. The molecule has 2 amide bonds. The first-order valence-electron chi connectivity index (χ1n) is 7.87. The van der Waals surface area contributed by atoms with Gasteiger partial charge in [0.25, 0.3) is 5.91 Å². The molecule has 0 aromatic heterocycles. The van der Waals surface area contributed by atoms with Crippen LogP contribution in [-0.4, -0.2) is 56.0 Å². The molecule has 1 aliphatic rings. The highest BCUT2D eigenvalue weighted by Crippen LogP contribution is 2.32. The lowest BCUT2D eigenvalue weighted by Gasteiger charge is -2.34. The first kappa shape index (κ1) is 19.0. The van der Waals surface area contributed by atoms with E-state index in [2.05, 4.69) is 10.6 Å². The first-order chi connectivity index (χ1) is 11.8. The van der Waals surface area contributed by atoms with E-state index in [1.54, 1.807) is 32.0 Å². The number of nitrogens with one attached hydrogen (secondary N) is 2. The Morgan fingerprint density at radius 3 is 2.64 bits per heavy atom. The SMILES string of the molecule is COc1ccc([C@H]2NC(=O)CO[C@@H]2C(=O)NC(C)(C)CO)cc1OC. The molecule has 25 heavy (non-hydrogen) atoms. The largest absolute Gasteiger partial charge is 0.493 e. The minimum Gasteiger partial charge on any atom is -0.493 e. The first-order valence-corrected chi connectivity index (χ1v) is 7.87. The van der Waals surface area contributed by atoms with Gasteiger partial charge in [-0.1, -0.05) is 6.07 Å². The maximum Gasteiger partial charge on any atom is 0.252 e. The number of carbonyl (C=O) groups is 2. The lowest BCUT2D eigenvalue weighted by Crippen LogP contribution is -2.57. The number of morpholine rings is 1. The Balaban J connectivity index is 2.31. The van der Waals surface area contributed by atoms with Crippen molar-refractivity contribution in [3.63, 3.8) is 0 Å². The molecule has 0 saturated carbocycles. The average Bonchev–Trinajstić information content (AvgIpc) is 2.60. The molecule has 0 bridgehead atoms. The van der Waals surface area contributed by atoms with Gasteiger partial charge < -0.3 is 30.0 Å². The number of hydrogen-bond acceptors (Lipinski definition) is 6. The average molecular weight is 352 g/mol. The molecule has 0 unspecified atom stereocenters. The Bertz CT molecular complexity index is 646. The molecular formula is C17H24N2O6. The predicted octanol–water partition coefficient (Wildman–Crippen LogP) is 0.147. The Morgan fingerprint density at radius 1 is 1.36 bits per heavy atom. The van der Waals surface area contributed by atoms with Crippen molar-refractivity contribution in [2.45, 2.75) is 31.5 Å². The normalized spacial score (nSPS) is 20.6. The van der Waals surface area contributed by atoms with Crippen LogP contribution in [0.2, 0.25) is 0 Å². The molecule has 3 N–H and O–H groups in total. The van der Waals surface area contributed by atoms with Gasteiger partial charge in [0, 0.05) is 0 Å². The summed E-state index contributed by atoms with van der Waals surface area (Å²) in [5, 5.41) is 14.8. The molecular weight excluding hydrogens is 328 g/mol. The van der Waals surface area contributed by atoms with Gasteiger partial charge >= 0.3 is 0 Å². The lowest BCUT2D eigenvalue weighted by molar-refractivity contribution is -0.149. The summed E-state index contributed by atoms with van der Waals surface area (Å²) in [6.45, 7) is 2.95. The van der Waals surface area contributed by atoms with Crippen molar-refractivity contribution >= 4 is 11.8 Å². The Hall–Kier alpha value is -2.32. The summed E-state index contributed by atoms with van der Waals surface area (Å²) in [7, 11) is 3.03. The topological polar surface area (TPSA) is 106 Å². The molecule has 0 spiro atoms. The Kier molecular flexibility index (Phi) is 5.86. The van der Waals surface area contributed by atoms with Gasteiger partial charge in [-0.05, 0) is 31.5 Å². The van der Waals surface area contributed by atoms with Crippen LogP contribution in [0.15, 0.2) is 18.2 Å². The number of ether oxygens (including phenoxy) is 3. The summed E-state index contributed by atoms with van der Waals surface area (Å²) >= 11 is 0. The van der Waals surface area contributed by atoms with Crippen LogP contribution in [0.1, 0.15) is 25.5 Å². The molecule has 1 aromatic carbocycles. The zero-order valence-corrected chi connectivity index (χ0v) is 14.8. The van der Waals surface area contributed by atoms with Gasteiger partial charge in [0.05, 0.1) is 32.4 Å². The number of amides is 2. The maximum atomic E-state index is 12.6. The minimum absolute atomic E-state index is 0.207. The fourth-order valence-corrected chi connectivity index (χ4v) is 2.53. The van der Waals surface area contributed by atoms with E-state index in [1.807, 2.05) is 0 Å². The fourth-order valence-electron chi connectivity index (χ4n) is 2.53. The number of aliphatic hydroxyl groups is 1. The van der Waals surface area contributed by atoms with Crippen LogP contribution in [0.4, 0.5) is 0 Å². The molecule has 1 fully saturated rings. The van der Waals surface area contributed by atoms with Crippen LogP contribution in [0, 0.1) is 0 Å². The van der Waals surface area contributed by atoms with Crippen LogP contribution in [0.5, 0.6) is 11.5 Å². The van der Waals surface area contributed by atoms with Gasteiger partial charge in [-0.2, -0.15) is 0 Å². The third-order valence-corrected chi connectivity index (χ3v) is 3.90. The van der Waals surface area contributed by atoms with Crippen molar-refractivity contribution in [3.8, 4) is 11.5 Å². The molecule has 138 valence electrons. The standard InChI is InChI=1S/C17H24N2O6/c1-17(2,9-20)19-16(22)15-14(18-13(21)8-25-15)10-5-6-11(23-3)12(7-10)24-4/h5-7,14-15,20H,8-9H2,1-4H3,(H,18,21)(H,19,22)/t14-,15+/m1/s1. The molecule has 2 atom stereocenters. The van der Waals surface area contributed by atoms with Crippen LogP contribution in [0.25, 0.3) is 0 Å². The van der Waals surface area contributed by atoms with Crippen LogP contribution in [0.3, 0.4) is 0 Å². The lowest BCUT2D eigenvalue weighted by atomic mass is 9.97. The summed E-state index contributed by atoms with van der Waals surface area (Å²) < 4.78 is 15.9. The fraction of sp³-hybridized carbons (Fsp3) is 0.529. The quantitative estimate of drug-likeness (QED) is 0.673. The number of hydrogen-bond donors (Lipinski definition) is 3. The van der Waals surface area contributed by atoms with E-state index < -0.39 is 23.6 Å². The monoisotopic (exact) mass is 352 g/mol. The third kappa shape index (κ3) is 4.40. The second-order valence-corrected chi connectivity index (χ2v) is 6.42. The number of aliphatic hydroxyl groups excluding tert-OH is 1. The van der Waals surface area contributed by atoms with E-state index in [-0.39, 0.29) is 19.1 Å². The van der Waals surface area contributed by atoms with Crippen LogP contribution in [-0.2, 0) is 14.3 Å². The summed E-state index contributed by atoms with van der Waals surface area (Å²) in [5.41, 5.74) is -0.156. The van der Waals surface area contributed by atoms with E-state index in [0.717, 1.165) is 0 Å². The number of benzene rings is 1. The summed E-state index contributed by atoms with van der Waals surface area (Å²) in [4.78, 5) is 24.4. The zero-order chi connectivity index (χ0) is 18.6. The molecule has 8 heteroatoms. The van der Waals surface area contributed by atoms with Crippen molar-refractivity contribution in [1.29, 1.82) is 0 Å². The van der Waals surface area contributed by atoms with E-state index in [1.165, 1.54) is 14.2 Å². The van der Waals surface area contributed by atoms with E-state index in [4.69, 9.17) is 14.2 Å². The second-order valence-electron chi connectivity index (χ2n) is 6.42. The van der Waals surface area contributed by atoms with Gasteiger partial charge in [-0.15, -0.1) is 0 Å². The van der Waals surface area contributed by atoms with Gasteiger partial charge in [-0.25, -0.2) is 0 Å². The molecule has 1 heterocycles. The molecule has 2 rings (SSSR count). The Labute approximate surface area is 146 Å². The van der Waals surface area contributed by atoms with Crippen molar-refractivity contribution in [1.82, 2.24) is 10.6 Å². The summed E-state index contributed by atoms with van der Waals surface area (Å²) in [6.07, 6.45) is -0.929. The van der Waals surface area contributed by atoms with E-state index in [9.17, 15) is 14.7 Å². The van der Waals surface area contributed by atoms with Crippen LogP contribution < -0.4 is 20.1 Å². The van der Waals surface area contributed by atoms with Crippen molar-refractivity contribution in [2.75, 3.05) is 27.4 Å². The number of methoxy groups -OCH3 is 2. The van der Waals surface area contributed by atoms with Crippen molar-refractivity contribution in [3.05, 3.63) is 23.8 Å². The summed E-state index contributed by atoms with van der Waals surface area (Å²) in [6, 6.07) is 4.44. The van der Waals surface area contributed by atoms with Gasteiger partial charge in [0.1, 0.15) is 6.61 Å². The third-order valence-electron chi connectivity index (χ3n) is 3.90. The van der Waals surface area contributed by atoms with Gasteiger partial charge in [0.15, 0.2) is 17.6 Å². The van der Waals surface area contributed by atoms with E-state index >= 15 is 0 Å². The smallest absolute Gasteiger partial charge is 0.252 e. The molecule has 1 aliphatic heterocycles. The second kappa shape index (κ2) is 7.71. The predicted molar refractivity (Wildman–Crippen MR) is 89.5 cm³/mol. The highest BCUT2D eigenvalue weighted by molar-refractivity contribution is 5.86.